The van der Waals surface area contributed by atoms with Gasteiger partial charge in [0.05, 0.1) is 17.6 Å². The maximum Gasteiger partial charge on any atom is 0.0571 e. The first kappa shape index (κ1) is 12.6. The van der Waals surface area contributed by atoms with E-state index in [1.807, 2.05) is 24.6 Å². The normalized spacial score (nSPS) is 16.2. The minimum Gasteiger partial charge on any atom is -0.366 e. The first-order valence-electron chi connectivity index (χ1n) is 6.71. The molecule has 1 unspecified atom stereocenters. The van der Waals surface area contributed by atoms with Gasteiger partial charge in [-0.2, -0.15) is 0 Å². The molecule has 2 aromatic rings. The molecule has 0 bridgehead atoms. The Hall–Kier alpha value is -1.39. The molecule has 1 aliphatic rings. The number of pyridine rings is 1. The van der Waals surface area contributed by atoms with Gasteiger partial charge in [0.2, 0.25) is 0 Å². The largest absolute Gasteiger partial charge is 0.366 e. The number of hydrogen-bond donors (Lipinski definition) is 1. The molecule has 0 fully saturated rings. The van der Waals surface area contributed by atoms with Crippen LogP contribution >= 0.6 is 11.3 Å². The van der Waals surface area contributed by atoms with Gasteiger partial charge in [-0.05, 0) is 49.5 Å². The molecule has 1 N–H and O–H groups in total. The highest BCUT2D eigenvalue weighted by Gasteiger charge is 2.17. The molecule has 2 aromatic heterocycles. The van der Waals surface area contributed by atoms with Crippen molar-refractivity contribution in [3.63, 3.8) is 0 Å². The van der Waals surface area contributed by atoms with E-state index in [-0.39, 0.29) is 0 Å². The van der Waals surface area contributed by atoms with Gasteiger partial charge in [-0.3, -0.25) is 4.98 Å². The molecule has 0 spiro atoms. The van der Waals surface area contributed by atoms with E-state index in [2.05, 4.69) is 45.7 Å². The Morgan fingerprint density at radius 3 is 3.00 bits per heavy atom. The third kappa shape index (κ3) is 2.51. The zero-order valence-electron chi connectivity index (χ0n) is 11.4. The van der Waals surface area contributed by atoms with E-state index >= 15 is 0 Å². The third-order valence-electron chi connectivity index (χ3n) is 3.82. The van der Waals surface area contributed by atoms with Crippen molar-refractivity contribution in [1.82, 2.24) is 10.3 Å². The summed E-state index contributed by atoms with van der Waals surface area (Å²) < 4.78 is 0. The molecular weight excluding hydrogens is 254 g/mol. The van der Waals surface area contributed by atoms with Crippen molar-refractivity contribution in [2.24, 2.45) is 0 Å². The Morgan fingerprint density at radius 1 is 1.37 bits per heavy atom. The number of thiophene rings is 1. The molecule has 3 heterocycles. The average molecular weight is 273 g/mol. The Balaban J connectivity index is 1.77. The first-order valence-corrected chi connectivity index (χ1v) is 7.59. The monoisotopic (exact) mass is 273 g/mol. The van der Waals surface area contributed by atoms with Gasteiger partial charge in [-0.25, -0.2) is 0 Å². The highest BCUT2D eigenvalue weighted by molar-refractivity contribution is 7.10. The van der Waals surface area contributed by atoms with Crippen molar-refractivity contribution in [2.75, 3.05) is 18.5 Å². The van der Waals surface area contributed by atoms with Crippen LogP contribution in [-0.4, -0.2) is 18.6 Å². The second kappa shape index (κ2) is 5.31. The van der Waals surface area contributed by atoms with E-state index in [4.69, 9.17) is 0 Å². The summed E-state index contributed by atoms with van der Waals surface area (Å²) in [4.78, 5) is 8.53. The van der Waals surface area contributed by atoms with E-state index in [1.165, 1.54) is 11.3 Å². The lowest BCUT2D eigenvalue weighted by Gasteiger charge is -2.29. The van der Waals surface area contributed by atoms with Gasteiger partial charge in [0.15, 0.2) is 0 Å². The van der Waals surface area contributed by atoms with E-state index in [0.29, 0.717) is 6.04 Å². The summed E-state index contributed by atoms with van der Waals surface area (Å²) in [5.41, 5.74) is 3.80. The number of anilines is 1. The third-order valence-corrected chi connectivity index (χ3v) is 4.84. The van der Waals surface area contributed by atoms with Crippen LogP contribution in [0.4, 0.5) is 5.69 Å². The van der Waals surface area contributed by atoms with E-state index in [9.17, 15) is 0 Å². The van der Waals surface area contributed by atoms with Crippen LogP contribution in [-0.2, 0) is 13.0 Å². The second-order valence-corrected chi connectivity index (χ2v) is 5.99. The van der Waals surface area contributed by atoms with Crippen LogP contribution in [0.3, 0.4) is 0 Å². The van der Waals surface area contributed by atoms with Gasteiger partial charge < -0.3 is 10.2 Å². The number of nitrogens with zero attached hydrogens (tertiary/aromatic N) is 2. The fraction of sp³-hybridized carbons (Fsp3) is 0.400. The summed E-state index contributed by atoms with van der Waals surface area (Å²) in [7, 11) is 1.96. The maximum atomic E-state index is 4.57. The fourth-order valence-corrected chi connectivity index (χ4v) is 3.35. The van der Waals surface area contributed by atoms with Crippen molar-refractivity contribution in [3.8, 4) is 0 Å². The van der Waals surface area contributed by atoms with Crippen LogP contribution in [0.15, 0.2) is 29.8 Å². The molecule has 0 aliphatic carbocycles. The van der Waals surface area contributed by atoms with Crippen molar-refractivity contribution in [2.45, 2.75) is 25.9 Å². The predicted molar refractivity (Wildman–Crippen MR) is 80.8 cm³/mol. The fourth-order valence-electron chi connectivity index (χ4n) is 2.46. The summed E-state index contributed by atoms with van der Waals surface area (Å²) in [6.07, 6.45) is 3.15. The number of hydrogen-bond acceptors (Lipinski definition) is 4. The molecule has 0 saturated carbocycles. The molecule has 19 heavy (non-hydrogen) atoms. The SMILES string of the molecule is CNC(C)c1ccc(N2CCc3sccc3C2)cn1. The van der Waals surface area contributed by atoms with Gasteiger partial charge in [-0.1, -0.05) is 0 Å². The van der Waals surface area contributed by atoms with Crippen molar-refractivity contribution >= 4 is 17.0 Å². The highest BCUT2D eigenvalue weighted by Crippen LogP contribution is 2.27. The molecule has 0 saturated heterocycles. The Kier molecular flexibility index (Phi) is 3.53. The van der Waals surface area contributed by atoms with Crippen LogP contribution < -0.4 is 10.2 Å². The number of aromatic nitrogens is 1. The van der Waals surface area contributed by atoms with Crippen LogP contribution in [0.2, 0.25) is 0 Å². The maximum absolute atomic E-state index is 4.57. The lowest BCUT2D eigenvalue weighted by molar-refractivity contribution is 0.632. The summed E-state index contributed by atoms with van der Waals surface area (Å²) in [5.74, 6) is 0. The molecular formula is C15H19N3S. The number of fused-ring (bicyclic) bond motifs is 1. The molecule has 4 heteroatoms. The van der Waals surface area contributed by atoms with Crippen molar-refractivity contribution in [3.05, 3.63) is 45.9 Å². The molecule has 100 valence electrons. The quantitative estimate of drug-likeness (QED) is 0.932. The number of rotatable bonds is 3. The lowest BCUT2D eigenvalue weighted by Crippen LogP contribution is -2.29. The minimum atomic E-state index is 0.305. The van der Waals surface area contributed by atoms with Crippen LogP contribution in [0.25, 0.3) is 0 Å². The van der Waals surface area contributed by atoms with Crippen molar-refractivity contribution in [1.29, 1.82) is 0 Å². The van der Waals surface area contributed by atoms with Gasteiger partial charge in [0.1, 0.15) is 0 Å². The number of nitrogens with one attached hydrogen (secondary N) is 1. The molecule has 3 nitrogen and oxygen atoms in total. The van der Waals surface area contributed by atoms with Gasteiger partial charge in [0.25, 0.3) is 0 Å². The lowest BCUT2D eigenvalue weighted by atomic mass is 10.1. The summed E-state index contributed by atoms with van der Waals surface area (Å²) in [5, 5.41) is 5.41. The Bertz CT molecular complexity index is 547. The second-order valence-electron chi connectivity index (χ2n) is 4.99. The average Bonchev–Trinajstić information content (AvgIpc) is 2.94. The van der Waals surface area contributed by atoms with E-state index in [1.54, 1.807) is 4.88 Å². The van der Waals surface area contributed by atoms with Crippen molar-refractivity contribution < 1.29 is 0 Å². The van der Waals surface area contributed by atoms with Gasteiger partial charge in [-0.15, -0.1) is 11.3 Å². The zero-order valence-corrected chi connectivity index (χ0v) is 12.2. The van der Waals surface area contributed by atoms with E-state index in [0.717, 1.165) is 25.2 Å². The topological polar surface area (TPSA) is 28.2 Å². The van der Waals surface area contributed by atoms with Crippen LogP contribution in [0, 0.1) is 0 Å². The molecule has 0 aromatic carbocycles. The van der Waals surface area contributed by atoms with Gasteiger partial charge >= 0.3 is 0 Å². The minimum absolute atomic E-state index is 0.305. The molecule has 1 atom stereocenters. The molecule has 0 radical (unpaired) electrons. The highest BCUT2D eigenvalue weighted by atomic mass is 32.1. The summed E-state index contributed by atoms with van der Waals surface area (Å²) in [6.45, 7) is 4.23. The Morgan fingerprint density at radius 2 is 2.26 bits per heavy atom. The van der Waals surface area contributed by atoms with Gasteiger partial charge in [0, 0.05) is 24.0 Å². The molecule has 1 aliphatic heterocycles. The predicted octanol–water partition coefficient (Wildman–Crippen LogP) is 2.99. The smallest absolute Gasteiger partial charge is 0.0571 e. The Labute approximate surface area is 118 Å². The zero-order chi connectivity index (χ0) is 13.2. The molecule has 3 rings (SSSR count). The van der Waals surface area contributed by atoms with E-state index < -0.39 is 0 Å². The molecule has 0 amide bonds. The van der Waals surface area contributed by atoms with Crippen LogP contribution in [0.5, 0.6) is 0 Å². The summed E-state index contributed by atoms with van der Waals surface area (Å²) >= 11 is 1.88. The standard InChI is InChI=1S/C15H19N3S/c1-11(16-2)14-4-3-13(9-17-14)18-7-5-15-12(10-18)6-8-19-15/h3-4,6,8-9,11,16H,5,7,10H2,1-2H3. The van der Waals surface area contributed by atoms with Crippen LogP contribution in [0.1, 0.15) is 29.1 Å². The summed E-state index contributed by atoms with van der Waals surface area (Å²) in [6, 6.07) is 6.86. The first-order chi connectivity index (χ1) is 9.28.